The van der Waals surface area contributed by atoms with Crippen LogP contribution in [0.1, 0.15) is 12.0 Å². The molecule has 2 N–H and O–H groups in total. The number of carbonyl (C=O) groups excluding carboxylic acids is 2. The van der Waals surface area contributed by atoms with Crippen LogP contribution in [0.15, 0.2) is 30.3 Å². The molecule has 1 aromatic carbocycles. The number of likely N-dealkylation sites (tertiary alicyclic amines) is 1. The van der Waals surface area contributed by atoms with Gasteiger partial charge in [0.1, 0.15) is 0 Å². The van der Waals surface area contributed by atoms with Crippen LogP contribution in [0.4, 0.5) is 0 Å². The van der Waals surface area contributed by atoms with E-state index in [0.717, 1.165) is 12.1 Å². The van der Waals surface area contributed by atoms with Gasteiger partial charge in [0.05, 0.1) is 5.92 Å². The summed E-state index contributed by atoms with van der Waals surface area (Å²) < 4.78 is 0. The Morgan fingerprint density at radius 3 is 2.67 bits per heavy atom. The topological polar surface area (TPSA) is 61.4 Å². The van der Waals surface area contributed by atoms with Crippen molar-refractivity contribution < 1.29 is 9.59 Å². The summed E-state index contributed by atoms with van der Waals surface area (Å²) in [5.41, 5.74) is 1.09. The molecule has 21 heavy (non-hydrogen) atoms. The second-order valence-electron chi connectivity index (χ2n) is 5.06. The van der Waals surface area contributed by atoms with Crippen LogP contribution in [0, 0.1) is 5.92 Å². The van der Waals surface area contributed by atoms with Crippen molar-refractivity contribution in [2.45, 2.75) is 13.0 Å². The highest BCUT2D eigenvalue weighted by molar-refractivity contribution is 5.89. The predicted molar refractivity (Wildman–Crippen MR) is 84.2 cm³/mol. The Hall–Kier alpha value is -1.59. The Labute approximate surface area is 131 Å². The van der Waals surface area contributed by atoms with Gasteiger partial charge in [-0.3, -0.25) is 9.59 Å². The van der Waals surface area contributed by atoms with E-state index in [1.807, 2.05) is 37.4 Å². The van der Waals surface area contributed by atoms with Gasteiger partial charge in [0.2, 0.25) is 11.8 Å². The van der Waals surface area contributed by atoms with Crippen molar-refractivity contribution >= 4 is 24.2 Å². The lowest BCUT2D eigenvalue weighted by Gasteiger charge is -2.16. The van der Waals surface area contributed by atoms with E-state index < -0.39 is 0 Å². The molecule has 2 amide bonds. The molecule has 1 atom stereocenters. The first-order chi connectivity index (χ1) is 9.70. The van der Waals surface area contributed by atoms with E-state index in [-0.39, 0.29) is 30.1 Å². The molecule has 5 nitrogen and oxygen atoms in total. The Morgan fingerprint density at radius 1 is 1.29 bits per heavy atom. The summed E-state index contributed by atoms with van der Waals surface area (Å²) in [5.74, 6) is -0.185. The zero-order valence-electron chi connectivity index (χ0n) is 12.2. The van der Waals surface area contributed by atoms with Crippen LogP contribution in [0.3, 0.4) is 0 Å². The molecule has 0 aliphatic carbocycles. The number of hydrogen-bond donors (Lipinski definition) is 2. The number of carbonyl (C=O) groups is 2. The van der Waals surface area contributed by atoms with Gasteiger partial charge in [-0.1, -0.05) is 30.3 Å². The maximum atomic E-state index is 12.0. The number of rotatable bonds is 6. The molecule has 116 valence electrons. The third-order valence-corrected chi connectivity index (χ3v) is 3.48. The van der Waals surface area contributed by atoms with E-state index in [0.29, 0.717) is 26.1 Å². The third kappa shape index (κ3) is 5.02. The van der Waals surface area contributed by atoms with Crippen LogP contribution in [0.5, 0.6) is 0 Å². The predicted octanol–water partition coefficient (Wildman–Crippen LogP) is 0.792. The highest BCUT2D eigenvalue weighted by Gasteiger charge is 2.33. The van der Waals surface area contributed by atoms with Crippen molar-refractivity contribution in [3.8, 4) is 0 Å². The molecule has 0 bridgehead atoms. The smallest absolute Gasteiger partial charge is 0.225 e. The minimum Gasteiger partial charge on any atom is -0.355 e. The lowest BCUT2D eigenvalue weighted by molar-refractivity contribution is -0.129. The number of benzene rings is 1. The summed E-state index contributed by atoms with van der Waals surface area (Å²) in [4.78, 5) is 25.7. The number of nitrogens with zero attached hydrogens (tertiary/aromatic N) is 1. The average molecular weight is 312 g/mol. The first-order valence-corrected chi connectivity index (χ1v) is 6.94. The largest absolute Gasteiger partial charge is 0.355 e. The van der Waals surface area contributed by atoms with Crippen molar-refractivity contribution in [2.75, 3.05) is 26.7 Å². The zero-order chi connectivity index (χ0) is 14.4. The summed E-state index contributed by atoms with van der Waals surface area (Å²) in [6.45, 7) is 2.43. The Balaban J connectivity index is 0.00000220. The van der Waals surface area contributed by atoms with Crippen molar-refractivity contribution in [1.82, 2.24) is 15.5 Å². The molecule has 1 heterocycles. The Morgan fingerprint density at radius 2 is 2.00 bits per heavy atom. The SMILES string of the molecule is CNCCNC(=O)C1CC(=O)N(Cc2ccccc2)C1.Cl. The number of amides is 2. The lowest BCUT2D eigenvalue weighted by atomic mass is 10.1. The van der Waals surface area contributed by atoms with Gasteiger partial charge in [0.25, 0.3) is 0 Å². The monoisotopic (exact) mass is 311 g/mol. The zero-order valence-corrected chi connectivity index (χ0v) is 13.0. The van der Waals surface area contributed by atoms with Crippen molar-refractivity contribution in [3.05, 3.63) is 35.9 Å². The van der Waals surface area contributed by atoms with Gasteiger partial charge < -0.3 is 15.5 Å². The van der Waals surface area contributed by atoms with E-state index in [1.165, 1.54) is 0 Å². The highest BCUT2D eigenvalue weighted by Crippen LogP contribution is 2.20. The minimum absolute atomic E-state index is 0. The second-order valence-corrected chi connectivity index (χ2v) is 5.06. The fraction of sp³-hybridized carbons (Fsp3) is 0.467. The molecule has 0 aromatic heterocycles. The lowest BCUT2D eigenvalue weighted by Crippen LogP contribution is -2.36. The van der Waals surface area contributed by atoms with Gasteiger partial charge in [-0.05, 0) is 12.6 Å². The molecule has 1 fully saturated rings. The first kappa shape index (κ1) is 17.5. The molecule has 0 radical (unpaired) electrons. The number of hydrogen-bond acceptors (Lipinski definition) is 3. The molecular formula is C15H22ClN3O2. The molecular weight excluding hydrogens is 290 g/mol. The standard InChI is InChI=1S/C15H21N3O2.ClH/c1-16-7-8-17-15(20)13-9-14(19)18(11-13)10-12-5-3-2-4-6-12;/h2-6,13,16H,7-11H2,1H3,(H,17,20);1H. The summed E-state index contributed by atoms with van der Waals surface area (Å²) in [6, 6.07) is 9.85. The number of nitrogens with one attached hydrogen (secondary N) is 2. The minimum atomic E-state index is -0.219. The van der Waals surface area contributed by atoms with Crippen LogP contribution in [0.25, 0.3) is 0 Å². The fourth-order valence-corrected chi connectivity index (χ4v) is 2.36. The quantitative estimate of drug-likeness (QED) is 0.764. The van der Waals surface area contributed by atoms with E-state index in [1.54, 1.807) is 4.90 Å². The normalized spacial score (nSPS) is 17.5. The molecule has 6 heteroatoms. The molecule has 1 aromatic rings. The first-order valence-electron chi connectivity index (χ1n) is 6.94. The second kappa shape index (κ2) is 8.64. The molecule has 2 rings (SSSR count). The molecule has 1 unspecified atom stereocenters. The van der Waals surface area contributed by atoms with Crippen LogP contribution in [-0.4, -0.2) is 43.4 Å². The molecule has 1 saturated heterocycles. The van der Waals surface area contributed by atoms with Gasteiger partial charge in [-0.25, -0.2) is 0 Å². The van der Waals surface area contributed by atoms with Crippen molar-refractivity contribution in [2.24, 2.45) is 5.92 Å². The summed E-state index contributed by atoms with van der Waals surface area (Å²) >= 11 is 0. The maximum absolute atomic E-state index is 12.0. The van der Waals surface area contributed by atoms with E-state index in [2.05, 4.69) is 10.6 Å². The van der Waals surface area contributed by atoms with Crippen LogP contribution < -0.4 is 10.6 Å². The fourth-order valence-electron chi connectivity index (χ4n) is 2.36. The Bertz CT molecular complexity index is 467. The maximum Gasteiger partial charge on any atom is 0.225 e. The highest BCUT2D eigenvalue weighted by atomic mass is 35.5. The van der Waals surface area contributed by atoms with Crippen LogP contribution >= 0.6 is 12.4 Å². The Kier molecular flexibility index (Phi) is 7.19. The summed E-state index contributed by atoms with van der Waals surface area (Å²) in [5, 5.41) is 5.82. The van der Waals surface area contributed by atoms with Gasteiger partial charge in [-0.2, -0.15) is 0 Å². The average Bonchev–Trinajstić information content (AvgIpc) is 2.82. The number of likely N-dealkylation sites (N-methyl/N-ethyl adjacent to an activating group) is 1. The van der Waals surface area contributed by atoms with Gasteiger partial charge >= 0.3 is 0 Å². The van der Waals surface area contributed by atoms with Crippen LogP contribution in [0.2, 0.25) is 0 Å². The molecule has 1 aliphatic rings. The van der Waals surface area contributed by atoms with E-state index >= 15 is 0 Å². The van der Waals surface area contributed by atoms with Gasteiger partial charge in [0.15, 0.2) is 0 Å². The van der Waals surface area contributed by atoms with Crippen molar-refractivity contribution in [3.63, 3.8) is 0 Å². The van der Waals surface area contributed by atoms with Crippen LogP contribution in [-0.2, 0) is 16.1 Å². The van der Waals surface area contributed by atoms with E-state index in [4.69, 9.17) is 0 Å². The van der Waals surface area contributed by atoms with Gasteiger partial charge in [-0.15, -0.1) is 12.4 Å². The summed E-state index contributed by atoms with van der Waals surface area (Å²) in [7, 11) is 1.84. The number of halogens is 1. The van der Waals surface area contributed by atoms with Crippen molar-refractivity contribution in [1.29, 1.82) is 0 Å². The third-order valence-electron chi connectivity index (χ3n) is 3.48. The van der Waals surface area contributed by atoms with Gasteiger partial charge in [0, 0.05) is 32.6 Å². The molecule has 0 saturated carbocycles. The molecule has 0 spiro atoms. The van der Waals surface area contributed by atoms with E-state index in [9.17, 15) is 9.59 Å². The molecule has 1 aliphatic heterocycles. The summed E-state index contributed by atoms with van der Waals surface area (Å²) in [6.07, 6.45) is 0.318.